The van der Waals surface area contributed by atoms with Gasteiger partial charge in [-0.15, -0.1) is 0 Å². The number of aliphatic hydroxyl groups excluding tert-OH is 1. The fourth-order valence-corrected chi connectivity index (χ4v) is 9.20. The summed E-state index contributed by atoms with van der Waals surface area (Å²) < 4.78 is 84.7. The Morgan fingerprint density at radius 2 is 1.39 bits per heavy atom. The summed E-state index contributed by atoms with van der Waals surface area (Å²) in [5.74, 6) is -4.80. The molecule has 2 atom stereocenters. The molecule has 0 bridgehead atoms. The van der Waals surface area contributed by atoms with Gasteiger partial charge in [0.1, 0.15) is 17.0 Å². The fourth-order valence-electron chi connectivity index (χ4n) is 9.20. The summed E-state index contributed by atoms with van der Waals surface area (Å²) in [6, 6.07) is 21.2. The lowest BCUT2D eigenvalue weighted by atomic mass is 9.91. The molecule has 72 heavy (non-hydrogen) atoms. The van der Waals surface area contributed by atoms with Crippen molar-refractivity contribution in [2.75, 3.05) is 62.8 Å². The number of amides is 2. The number of allylic oxidation sites excluding steroid dienone is 3. The van der Waals surface area contributed by atoms with Crippen molar-refractivity contribution in [2.45, 2.75) is 64.7 Å². The second kappa shape index (κ2) is 21.9. The SMILES string of the molecule is C=CC(F)(F)c1cccc(N2C(=O)N(CCCN(C)CCC[N+]3=C(O)N(c4cccc(C(F)(F)F)c4)C(C)=C(C(=O)OCC)C3c3ccc(C=N)cc3)[C@H](c3ccc(C4=NC4)cc3)C(C(=O)OCC)=C2C)c1. The standard InChI is InChI=1S/C54H56F5N7O6/c1-7-53(55,56)40-14-10-16-42(30-40)65-34(4)46(50(68)72-9-3)48(39-24-22-37(23-25-39)44-33-61-44)64(51(65)69)29-13-27-62(6)26-12-28-63-47(38-20-18-36(32-60)19-21-38)45(49(67)71-8-2)35(5)66(52(63)70)43-17-11-15-41(31-43)54(57,58)59/h7,10-11,14-25,30-32,47-48,60H,1,8-9,12-13,26-29,33H2,2-6H3/p+1/t47?,48-/m1/s1. The number of esters is 2. The van der Waals surface area contributed by atoms with Gasteiger partial charge in [0.25, 0.3) is 5.92 Å². The highest BCUT2D eigenvalue weighted by molar-refractivity contribution is 6.10. The Labute approximate surface area is 415 Å². The van der Waals surface area contributed by atoms with Crippen LogP contribution in [0.5, 0.6) is 0 Å². The van der Waals surface area contributed by atoms with Crippen LogP contribution >= 0.6 is 0 Å². The molecule has 0 saturated carbocycles. The third-order valence-corrected chi connectivity index (χ3v) is 12.9. The van der Waals surface area contributed by atoms with E-state index < -0.39 is 59.3 Å². The van der Waals surface area contributed by atoms with Crippen molar-refractivity contribution in [3.63, 3.8) is 0 Å². The summed E-state index contributed by atoms with van der Waals surface area (Å²) in [7, 11) is 1.86. The second-order valence-electron chi connectivity index (χ2n) is 17.5. The summed E-state index contributed by atoms with van der Waals surface area (Å²) >= 11 is 0. The maximum atomic E-state index is 15.0. The van der Waals surface area contributed by atoms with Gasteiger partial charge in [-0.1, -0.05) is 73.3 Å². The van der Waals surface area contributed by atoms with Crippen molar-refractivity contribution in [1.82, 2.24) is 9.80 Å². The molecule has 0 aliphatic carbocycles. The number of halogens is 5. The van der Waals surface area contributed by atoms with Gasteiger partial charge in [-0.3, -0.25) is 9.89 Å². The van der Waals surface area contributed by atoms with Crippen LogP contribution in [0.25, 0.3) is 0 Å². The van der Waals surface area contributed by atoms with E-state index in [-0.39, 0.29) is 60.2 Å². The molecule has 2 N–H and O–H groups in total. The first-order chi connectivity index (χ1) is 34.3. The fraction of sp³-hybridized carbons (Fsp3) is 0.333. The molecule has 378 valence electrons. The molecule has 0 saturated heterocycles. The molecule has 18 heteroatoms. The monoisotopic (exact) mass is 994 g/mol. The van der Waals surface area contributed by atoms with Crippen LogP contribution in [0.4, 0.5) is 38.1 Å². The minimum absolute atomic E-state index is 0.00518. The van der Waals surface area contributed by atoms with E-state index in [9.17, 15) is 41.4 Å². The number of nitrogens with zero attached hydrogens (tertiary/aromatic N) is 6. The number of rotatable bonds is 20. The third-order valence-electron chi connectivity index (χ3n) is 12.9. The lowest BCUT2D eigenvalue weighted by molar-refractivity contribution is -0.572. The predicted molar refractivity (Wildman–Crippen MR) is 265 cm³/mol. The molecular weight excluding hydrogens is 938 g/mol. The highest BCUT2D eigenvalue weighted by atomic mass is 19.4. The maximum absolute atomic E-state index is 15.0. The van der Waals surface area contributed by atoms with Gasteiger partial charge >= 0.3 is 30.2 Å². The number of carbonyl (C=O) groups excluding carboxylic acids is 3. The van der Waals surface area contributed by atoms with Gasteiger partial charge in [-0.05, 0) is 107 Å². The van der Waals surface area contributed by atoms with Crippen molar-refractivity contribution in [2.24, 2.45) is 4.99 Å². The number of ether oxygens (including phenoxy) is 2. The highest BCUT2D eigenvalue weighted by Gasteiger charge is 2.47. The Balaban J connectivity index is 1.18. The smallest absolute Gasteiger partial charge is 0.454 e. The number of aliphatic imine (C=N–C) groups is 1. The lowest BCUT2D eigenvalue weighted by Crippen LogP contribution is -2.51. The number of alkyl halides is 5. The van der Waals surface area contributed by atoms with E-state index in [1.165, 1.54) is 58.0 Å². The molecule has 4 aromatic rings. The van der Waals surface area contributed by atoms with E-state index in [0.29, 0.717) is 55.2 Å². The van der Waals surface area contributed by atoms with Crippen LogP contribution in [0.3, 0.4) is 0 Å². The average molecular weight is 995 g/mol. The second-order valence-corrected chi connectivity index (χ2v) is 17.5. The quantitative estimate of drug-likeness (QED) is 0.0293. The molecule has 3 aliphatic heterocycles. The average Bonchev–Trinajstić information content (AvgIpc) is 4.21. The Kier molecular flexibility index (Phi) is 15.9. The number of hydrogen-bond donors (Lipinski definition) is 2. The van der Waals surface area contributed by atoms with Gasteiger partial charge in [0.15, 0.2) is 6.04 Å². The van der Waals surface area contributed by atoms with E-state index >= 15 is 0 Å². The molecule has 3 heterocycles. The number of anilines is 2. The number of urea groups is 1. The van der Waals surface area contributed by atoms with Gasteiger partial charge in [-0.2, -0.15) is 26.9 Å². The van der Waals surface area contributed by atoms with Crippen molar-refractivity contribution >= 4 is 47.3 Å². The van der Waals surface area contributed by atoms with Crippen LogP contribution in [-0.2, 0) is 31.2 Å². The summed E-state index contributed by atoms with van der Waals surface area (Å²) in [6.07, 6.45) is -2.29. The number of carbonyl (C=O) groups is 3. The molecule has 2 amide bonds. The zero-order chi connectivity index (χ0) is 52.1. The summed E-state index contributed by atoms with van der Waals surface area (Å²) in [5, 5.41) is 19.9. The van der Waals surface area contributed by atoms with Crippen LogP contribution < -0.4 is 9.80 Å². The first kappa shape index (κ1) is 52.4. The van der Waals surface area contributed by atoms with Crippen LogP contribution in [0.1, 0.15) is 86.0 Å². The number of hydrogen-bond acceptors (Lipinski definition) is 9. The number of aliphatic hydroxyl groups is 1. The Morgan fingerprint density at radius 1 is 0.833 bits per heavy atom. The lowest BCUT2D eigenvalue weighted by Gasteiger charge is -2.43. The molecular formula is C54H57F5N7O6+. The van der Waals surface area contributed by atoms with Gasteiger partial charge < -0.3 is 29.8 Å². The zero-order valence-electron chi connectivity index (χ0n) is 40.7. The molecule has 7 rings (SSSR count). The normalized spacial score (nSPS) is 17.4. The Hall–Kier alpha value is -7.47. The summed E-state index contributed by atoms with van der Waals surface area (Å²) in [4.78, 5) is 53.1. The van der Waals surface area contributed by atoms with Crippen molar-refractivity contribution in [3.8, 4) is 0 Å². The van der Waals surface area contributed by atoms with E-state index in [4.69, 9.17) is 14.9 Å². The Morgan fingerprint density at radius 3 is 1.97 bits per heavy atom. The van der Waals surface area contributed by atoms with E-state index in [1.807, 2.05) is 36.2 Å². The van der Waals surface area contributed by atoms with E-state index in [1.54, 1.807) is 49.6 Å². The van der Waals surface area contributed by atoms with Crippen LogP contribution in [0, 0.1) is 5.41 Å². The zero-order valence-corrected chi connectivity index (χ0v) is 40.7. The molecule has 0 radical (unpaired) electrons. The summed E-state index contributed by atoms with van der Waals surface area (Å²) in [6.45, 7) is 11.4. The van der Waals surface area contributed by atoms with Crippen LogP contribution in [0.2, 0.25) is 0 Å². The van der Waals surface area contributed by atoms with Gasteiger partial charge in [0.2, 0.25) is 0 Å². The van der Waals surface area contributed by atoms with Gasteiger partial charge in [0, 0.05) is 36.1 Å². The highest BCUT2D eigenvalue weighted by Crippen LogP contribution is 2.43. The molecule has 0 fully saturated rings. The van der Waals surface area contributed by atoms with Gasteiger partial charge in [0.05, 0.1) is 54.9 Å². The first-order valence-corrected chi connectivity index (χ1v) is 23.6. The molecule has 1 unspecified atom stereocenters. The van der Waals surface area contributed by atoms with Crippen LogP contribution in [0.15, 0.2) is 137 Å². The van der Waals surface area contributed by atoms with Crippen LogP contribution in [-0.4, -0.2) is 108 Å². The Bertz CT molecular complexity index is 2860. The van der Waals surface area contributed by atoms with E-state index in [0.717, 1.165) is 29.6 Å². The largest absolute Gasteiger partial charge is 0.463 e. The van der Waals surface area contributed by atoms with Crippen molar-refractivity contribution in [1.29, 1.82) is 5.41 Å². The minimum Gasteiger partial charge on any atom is -0.463 e. The van der Waals surface area contributed by atoms with Gasteiger partial charge in [-0.25, -0.2) is 19.0 Å². The van der Waals surface area contributed by atoms with E-state index in [2.05, 4.69) is 11.6 Å². The minimum atomic E-state index is -4.69. The number of amidine groups is 1. The van der Waals surface area contributed by atoms with Crippen molar-refractivity contribution < 1.29 is 55.5 Å². The van der Waals surface area contributed by atoms with Crippen molar-refractivity contribution in [3.05, 3.63) is 166 Å². The molecule has 4 aromatic carbocycles. The number of nitrogens with one attached hydrogen (secondary N) is 1. The number of benzene rings is 4. The molecule has 0 aromatic heterocycles. The maximum Gasteiger partial charge on any atom is 0.454 e. The third kappa shape index (κ3) is 11.0. The first-order valence-electron chi connectivity index (χ1n) is 23.6. The molecule has 0 spiro atoms. The summed E-state index contributed by atoms with van der Waals surface area (Å²) in [5.41, 5.74) is 2.99. The topological polar surface area (TPSA) is 142 Å². The molecule has 3 aliphatic rings. The molecule has 13 nitrogen and oxygen atoms in total. The predicted octanol–water partition coefficient (Wildman–Crippen LogP) is 10.3.